The zero-order chi connectivity index (χ0) is 9.78. The van der Waals surface area contributed by atoms with Crippen LogP contribution in [0.4, 0.5) is 0 Å². The molecule has 1 aliphatic heterocycles. The van der Waals surface area contributed by atoms with Gasteiger partial charge in [0.15, 0.2) is 0 Å². The summed E-state index contributed by atoms with van der Waals surface area (Å²) in [5, 5.41) is 12.4. The van der Waals surface area contributed by atoms with E-state index in [0.29, 0.717) is 5.06 Å². The standard InChI is InChI=1S/C10H21NO/c1-8(2)7-9(3,4)11(12)10(8,5)6/h11H,7H2,1-6H3. The minimum absolute atomic E-state index is 0.118. The summed E-state index contributed by atoms with van der Waals surface area (Å²) in [6.07, 6.45) is 1.01. The lowest BCUT2D eigenvalue weighted by Gasteiger charge is -2.43. The van der Waals surface area contributed by atoms with Crippen molar-refractivity contribution < 1.29 is 5.06 Å². The number of hydrogen-bond acceptors (Lipinski definition) is 1. The third kappa shape index (κ3) is 1.09. The van der Waals surface area contributed by atoms with Crippen LogP contribution in [0.25, 0.3) is 0 Å². The number of nitrogens with one attached hydrogen (secondary N) is 1. The number of hydrogen-bond donors (Lipinski definition) is 1. The van der Waals surface area contributed by atoms with Crippen LogP contribution < -0.4 is 5.06 Å². The molecule has 72 valence electrons. The van der Waals surface area contributed by atoms with Gasteiger partial charge < -0.3 is 10.3 Å². The summed E-state index contributed by atoms with van der Waals surface area (Å²) in [5.41, 5.74) is -0.128. The van der Waals surface area contributed by atoms with Crippen molar-refractivity contribution in [3.05, 3.63) is 5.21 Å². The highest BCUT2D eigenvalue weighted by Crippen LogP contribution is 2.41. The van der Waals surface area contributed by atoms with E-state index in [1.165, 1.54) is 0 Å². The first-order chi connectivity index (χ1) is 5.11. The van der Waals surface area contributed by atoms with Crippen molar-refractivity contribution in [3.8, 4) is 0 Å². The molecule has 0 radical (unpaired) electrons. The van der Waals surface area contributed by atoms with E-state index in [1.807, 2.05) is 0 Å². The molecule has 1 N–H and O–H groups in total. The normalized spacial score (nSPS) is 36.8. The van der Waals surface area contributed by atoms with Crippen molar-refractivity contribution in [2.45, 2.75) is 59.0 Å². The lowest BCUT2D eigenvalue weighted by atomic mass is 9.74. The Bertz CT molecular complexity index is 194. The molecule has 0 aromatic rings. The topological polar surface area (TPSA) is 27.5 Å². The maximum Gasteiger partial charge on any atom is 0.0974 e. The molecule has 1 rings (SSSR count). The molecule has 0 saturated carbocycles. The van der Waals surface area contributed by atoms with E-state index in [2.05, 4.69) is 41.5 Å². The van der Waals surface area contributed by atoms with Crippen LogP contribution in [0.15, 0.2) is 0 Å². The van der Waals surface area contributed by atoms with Gasteiger partial charge >= 0.3 is 0 Å². The van der Waals surface area contributed by atoms with E-state index in [0.717, 1.165) is 6.42 Å². The van der Waals surface area contributed by atoms with Crippen molar-refractivity contribution in [1.29, 1.82) is 0 Å². The van der Waals surface area contributed by atoms with Crippen molar-refractivity contribution in [2.24, 2.45) is 5.41 Å². The average Bonchev–Trinajstić information content (AvgIpc) is 1.90. The predicted octanol–water partition coefficient (Wildman–Crippen LogP) is 1.36. The SMILES string of the molecule is CC1(C)CC(C)(C)C(C)(C)[NH+]1[O-]. The minimum atomic E-state index is -0.156. The summed E-state index contributed by atoms with van der Waals surface area (Å²) >= 11 is 0. The van der Waals surface area contributed by atoms with Crippen molar-refractivity contribution in [1.82, 2.24) is 0 Å². The van der Waals surface area contributed by atoms with E-state index in [1.54, 1.807) is 0 Å². The van der Waals surface area contributed by atoms with E-state index in [-0.39, 0.29) is 16.5 Å². The van der Waals surface area contributed by atoms with Gasteiger partial charge in [-0.15, -0.1) is 0 Å². The number of hydroxylamine groups is 2. The Balaban J connectivity index is 3.05. The van der Waals surface area contributed by atoms with Crippen molar-refractivity contribution >= 4 is 0 Å². The Labute approximate surface area is 75.5 Å². The Hall–Kier alpha value is -0.0800. The second kappa shape index (κ2) is 2.24. The fourth-order valence-corrected chi connectivity index (χ4v) is 2.56. The van der Waals surface area contributed by atoms with Crippen LogP contribution >= 0.6 is 0 Å². The molecule has 0 amide bonds. The summed E-state index contributed by atoms with van der Waals surface area (Å²) in [5.74, 6) is 0. The molecular formula is C10H21NO. The molecular weight excluding hydrogens is 150 g/mol. The molecule has 12 heavy (non-hydrogen) atoms. The number of quaternary nitrogens is 1. The first kappa shape index (κ1) is 10.0. The summed E-state index contributed by atoms with van der Waals surface area (Å²) < 4.78 is 0. The molecule has 1 heterocycles. The second-order valence-corrected chi connectivity index (χ2v) is 5.90. The lowest BCUT2D eigenvalue weighted by Crippen LogP contribution is -3.20. The fourth-order valence-electron chi connectivity index (χ4n) is 2.56. The molecule has 1 saturated heterocycles. The molecule has 0 bridgehead atoms. The van der Waals surface area contributed by atoms with Crippen LogP contribution in [0, 0.1) is 10.6 Å². The van der Waals surface area contributed by atoms with Crippen LogP contribution in [-0.4, -0.2) is 11.1 Å². The predicted molar refractivity (Wildman–Crippen MR) is 50.9 cm³/mol. The van der Waals surface area contributed by atoms with Gasteiger partial charge in [0.1, 0.15) is 0 Å². The molecule has 0 aliphatic carbocycles. The van der Waals surface area contributed by atoms with Gasteiger partial charge in [-0.05, 0) is 27.7 Å². The van der Waals surface area contributed by atoms with Crippen LogP contribution in [0.1, 0.15) is 48.0 Å². The Morgan fingerprint density at radius 1 is 1.00 bits per heavy atom. The summed E-state index contributed by atoms with van der Waals surface area (Å²) in [6, 6.07) is 0. The monoisotopic (exact) mass is 171 g/mol. The van der Waals surface area contributed by atoms with E-state index < -0.39 is 0 Å². The van der Waals surface area contributed by atoms with Crippen LogP contribution in [0.3, 0.4) is 0 Å². The van der Waals surface area contributed by atoms with E-state index in [4.69, 9.17) is 0 Å². The minimum Gasteiger partial charge on any atom is -0.634 e. The molecule has 0 spiro atoms. The maximum absolute atomic E-state index is 12.0. The number of rotatable bonds is 0. The van der Waals surface area contributed by atoms with E-state index >= 15 is 0 Å². The van der Waals surface area contributed by atoms with Gasteiger partial charge in [0.2, 0.25) is 0 Å². The molecule has 1 fully saturated rings. The van der Waals surface area contributed by atoms with Crippen molar-refractivity contribution in [2.75, 3.05) is 0 Å². The van der Waals surface area contributed by atoms with Gasteiger partial charge in [0, 0.05) is 11.8 Å². The van der Waals surface area contributed by atoms with Gasteiger partial charge in [0.25, 0.3) is 0 Å². The Morgan fingerprint density at radius 2 is 1.42 bits per heavy atom. The second-order valence-electron chi connectivity index (χ2n) is 5.90. The largest absolute Gasteiger partial charge is 0.634 e. The average molecular weight is 171 g/mol. The summed E-state index contributed by atoms with van der Waals surface area (Å²) in [7, 11) is 0. The molecule has 2 nitrogen and oxygen atoms in total. The third-order valence-electron chi connectivity index (χ3n) is 3.76. The molecule has 0 aromatic carbocycles. The molecule has 1 atom stereocenters. The van der Waals surface area contributed by atoms with Gasteiger partial charge in [-0.1, -0.05) is 13.8 Å². The fraction of sp³-hybridized carbons (Fsp3) is 1.00. The quantitative estimate of drug-likeness (QED) is 0.547. The molecule has 1 unspecified atom stereocenters. The molecule has 2 heteroatoms. The maximum atomic E-state index is 12.0. The van der Waals surface area contributed by atoms with Gasteiger partial charge in [-0.2, -0.15) is 0 Å². The van der Waals surface area contributed by atoms with E-state index in [9.17, 15) is 5.21 Å². The Kier molecular flexibility index (Phi) is 1.86. The first-order valence-corrected chi connectivity index (χ1v) is 4.66. The van der Waals surface area contributed by atoms with Gasteiger partial charge in [0.05, 0.1) is 11.1 Å². The summed E-state index contributed by atoms with van der Waals surface area (Å²) in [4.78, 5) is 0. The van der Waals surface area contributed by atoms with Crippen LogP contribution in [-0.2, 0) is 0 Å². The van der Waals surface area contributed by atoms with Crippen molar-refractivity contribution in [3.63, 3.8) is 0 Å². The van der Waals surface area contributed by atoms with Gasteiger partial charge in [-0.25, -0.2) is 0 Å². The smallest absolute Gasteiger partial charge is 0.0974 e. The first-order valence-electron chi connectivity index (χ1n) is 4.66. The van der Waals surface area contributed by atoms with Gasteiger partial charge in [-0.3, -0.25) is 0 Å². The highest BCUT2D eigenvalue weighted by Gasteiger charge is 2.56. The Morgan fingerprint density at radius 3 is 1.50 bits per heavy atom. The highest BCUT2D eigenvalue weighted by molar-refractivity contribution is 4.97. The lowest BCUT2D eigenvalue weighted by molar-refractivity contribution is -0.936. The van der Waals surface area contributed by atoms with Crippen LogP contribution in [0.2, 0.25) is 0 Å². The summed E-state index contributed by atoms with van der Waals surface area (Å²) in [6.45, 7) is 12.7. The van der Waals surface area contributed by atoms with Crippen LogP contribution in [0.5, 0.6) is 0 Å². The highest BCUT2D eigenvalue weighted by atomic mass is 16.5. The zero-order valence-corrected chi connectivity index (χ0v) is 9.12. The zero-order valence-electron chi connectivity index (χ0n) is 9.12. The molecule has 1 aliphatic rings. The molecule has 0 aromatic heterocycles. The third-order valence-corrected chi connectivity index (χ3v) is 3.76.